The molecule has 0 aromatic heterocycles. The monoisotopic (exact) mass is 297 g/mol. The molecule has 1 aliphatic carbocycles. The molecule has 5 heteroatoms. The van der Waals surface area contributed by atoms with E-state index in [1.807, 2.05) is 0 Å². The predicted molar refractivity (Wildman–Crippen MR) is 79.0 cm³/mol. The lowest BCUT2D eigenvalue weighted by Crippen LogP contribution is -2.31. The third-order valence-electron chi connectivity index (χ3n) is 4.02. The summed E-state index contributed by atoms with van der Waals surface area (Å²) in [7, 11) is -1.73. The summed E-state index contributed by atoms with van der Waals surface area (Å²) in [5.41, 5.74) is 0.949. The van der Waals surface area contributed by atoms with Crippen molar-refractivity contribution in [1.82, 2.24) is 4.31 Å². The van der Waals surface area contributed by atoms with Crippen molar-refractivity contribution in [3.63, 3.8) is 0 Å². The van der Waals surface area contributed by atoms with E-state index in [0.717, 1.165) is 18.4 Å². The van der Waals surface area contributed by atoms with Crippen LogP contribution in [0.25, 0.3) is 0 Å². The molecule has 0 unspecified atom stereocenters. The summed E-state index contributed by atoms with van der Waals surface area (Å²) in [6.07, 6.45) is 5.26. The number of benzene rings is 1. The Bertz CT molecular complexity index is 519. The molecule has 0 heterocycles. The van der Waals surface area contributed by atoms with Gasteiger partial charge in [-0.2, -0.15) is 0 Å². The Labute approximate surface area is 121 Å². The SMILES string of the molecule is CN(CC1CCCC1)S(=O)(=O)c1ccc(CCO)cc1. The summed E-state index contributed by atoms with van der Waals surface area (Å²) < 4.78 is 26.4. The van der Waals surface area contributed by atoms with Gasteiger partial charge >= 0.3 is 0 Å². The average molecular weight is 297 g/mol. The standard InChI is InChI=1S/C15H23NO3S/c1-16(12-14-4-2-3-5-14)20(18,19)15-8-6-13(7-9-15)10-11-17/h6-9,14,17H,2-5,10-12H2,1H3. The molecule has 1 aromatic carbocycles. The van der Waals surface area contributed by atoms with Gasteiger partial charge in [0.1, 0.15) is 0 Å². The van der Waals surface area contributed by atoms with Crippen LogP contribution in [0.3, 0.4) is 0 Å². The molecule has 0 radical (unpaired) electrons. The predicted octanol–water partition coefficient (Wildman–Crippen LogP) is 2.03. The number of aliphatic hydroxyl groups is 1. The molecule has 0 aliphatic heterocycles. The second kappa shape index (κ2) is 6.70. The maximum absolute atomic E-state index is 12.5. The molecule has 1 aromatic rings. The molecule has 1 fully saturated rings. The van der Waals surface area contributed by atoms with Crippen LogP contribution in [0.15, 0.2) is 29.2 Å². The fourth-order valence-corrected chi connectivity index (χ4v) is 4.04. The zero-order valence-corrected chi connectivity index (χ0v) is 12.8. The van der Waals surface area contributed by atoms with Crippen LogP contribution in [0.1, 0.15) is 31.2 Å². The van der Waals surface area contributed by atoms with Crippen LogP contribution >= 0.6 is 0 Å². The van der Waals surface area contributed by atoms with Crippen molar-refractivity contribution in [3.8, 4) is 0 Å². The van der Waals surface area contributed by atoms with Gasteiger partial charge in [-0.05, 0) is 42.9 Å². The Morgan fingerprint density at radius 3 is 2.35 bits per heavy atom. The molecule has 0 saturated heterocycles. The van der Waals surface area contributed by atoms with Crippen molar-refractivity contribution in [2.75, 3.05) is 20.2 Å². The van der Waals surface area contributed by atoms with Crippen LogP contribution < -0.4 is 0 Å². The van der Waals surface area contributed by atoms with E-state index in [0.29, 0.717) is 23.8 Å². The van der Waals surface area contributed by atoms with Crippen molar-refractivity contribution in [1.29, 1.82) is 0 Å². The number of sulfonamides is 1. The fraction of sp³-hybridized carbons (Fsp3) is 0.600. The number of hydrogen-bond donors (Lipinski definition) is 1. The van der Waals surface area contributed by atoms with Crippen molar-refractivity contribution in [3.05, 3.63) is 29.8 Å². The first kappa shape index (κ1) is 15.5. The maximum Gasteiger partial charge on any atom is 0.242 e. The Kier molecular flexibility index (Phi) is 5.18. The van der Waals surface area contributed by atoms with E-state index >= 15 is 0 Å². The van der Waals surface area contributed by atoms with Gasteiger partial charge in [-0.3, -0.25) is 0 Å². The Balaban J connectivity index is 2.07. The van der Waals surface area contributed by atoms with E-state index in [1.54, 1.807) is 31.3 Å². The smallest absolute Gasteiger partial charge is 0.242 e. The highest BCUT2D eigenvalue weighted by atomic mass is 32.2. The van der Waals surface area contributed by atoms with Gasteiger partial charge in [0.15, 0.2) is 0 Å². The molecule has 4 nitrogen and oxygen atoms in total. The summed E-state index contributed by atoms with van der Waals surface area (Å²) in [6, 6.07) is 6.80. The summed E-state index contributed by atoms with van der Waals surface area (Å²) in [6.45, 7) is 0.689. The van der Waals surface area contributed by atoms with E-state index in [-0.39, 0.29) is 6.61 Å². The van der Waals surface area contributed by atoms with Gasteiger partial charge in [0.2, 0.25) is 10.0 Å². The normalized spacial score (nSPS) is 16.9. The fourth-order valence-electron chi connectivity index (χ4n) is 2.79. The van der Waals surface area contributed by atoms with Crippen molar-refractivity contribution in [2.45, 2.75) is 37.0 Å². The topological polar surface area (TPSA) is 57.6 Å². The molecule has 0 amide bonds. The zero-order valence-electron chi connectivity index (χ0n) is 12.0. The minimum Gasteiger partial charge on any atom is -0.396 e. The molecular formula is C15H23NO3S. The summed E-state index contributed by atoms with van der Waals surface area (Å²) in [5.74, 6) is 0.503. The summed E-state index contributed by atoms with van der Waals surface area (Å²) in [4.78, 5) is 0.333. The Hall–Kier alpha value is -0.910. The second-order valence-electron chi connectivity index (χ2n) is 5.55. The highest BCUT2D eigenvalue weighted by molar-refractivity contribution is 7.89. The lowest BCUT2D eigenvalue weighted by Gasteiger charge is -2.20. The van der Waals surface area contributed by atoms with E-state index in [4.69, 9.17) is 5.11 Å². The number of aliphatic hydroxyl groups excluding tert-OH is 1. The van der Waals surface area contributed by atoms with Gasteiger partial charge in [0.25, 0.3) is 0 Å². The lowest BCUT2D eigenvalue weighted by atomic mass is 10.1. The molecule has 1 N–H and O–H groups in total. The largest absolute Gasteiger partial charge is 0.396 e. The van der Waals surface area contributed by atoms with Crippen LogP contribution in [0.5, 0.6) is 0 Å². The molecule has 20 heavy (non-hydrogen) atoms. The first-order chi connectivity index (χ1) is 9.54. The van der Waals surface area contributed by atoms with Gasteiger partial charge in [0, 0.05) is 20.2 Å². The first-order valence-electron chi connectivity index (χ1n) is 7.20. The van der Waals surface area contributed by atoms with Gasteiger partial charge < -0.3 is 5.11 Å². The van der Waals surface area contributed by atoms with Crippen molar-refractivity contribution in [2.24, 2.45) is 5.92 Å². The van der Waals surface area contributed by atoms with Crippen molar-refractivity contribution >= 4 is 10.0 Å². The maximum atomic E-state index is 12.5. The highest BCUT2D eigenvalue weighted by Gasteiger charge is 2.25. The molecule has 112 valence electrons. The summed E-state index contributed by atoms with van der Waals surface area (Å²) in [5, 5.41) is 8.87. The molecule has 1 aliphatic rings. The third kappa shape index (κ3) is 3.59. The Morgan fingerprint density at radius 2 is 1.80 bits per heavy atom. The quantitative estimate of drug-likeness (QED) is 0.874. The molecular weight excluding hydrogens is 274 g/mol. The van der Waals surface area contributed by atoms with E-state index in [2.05, 4.69) is 0 Å². The summed E-state index contributed by atoms with van der Waals surface area (Å²) >= 11 is 0. The number of nitrogens with zero attached hydrogens (tertiary/aromatic N) is 1. The molecule has 2 rings (SSSR count). The van der Waals surface area contributed by atoms with Gasteiger partial charge in [-0.1, -0.05) is 25.0 Å². The molecule has 0 spiro atoms. The van der Waals surface area contributed by atoms with Crippen LogP contribution in [0, 0.1) is 5.92 Å². The highest BCUT2D eigenvalue weighted by Crippen LogP contribution is 2.27. The number of hydrogen-bond acceptors (Lipinski definition) is 3. The van der Waals surface area contributed by atoms with E-state index < -0.39 is 10.0 Å². The molecule has 0 bridgehead atoms. The first-order valence-corrected chi connectivity index (χ1v) is 8.64. The van der Waals surface area contributed by atoms with Crippen LogP contribution in [-0.4, -0.2) is 38.0 Å². The van der Waals surface area contributed by atoms with Crippen LogP contribution in [0.2, 0.25) is 0 Å². The Morgan fingerprint density at radius 1 is 1.20 bits per heavy atom. The second-order valence-corrected chi connectivity index (χ2v) is 7.60. The van der Waals surface area contributed by atoms with Crippen molar-refractivity contribution < 1.29 is 13.5 Å². The molecule has 0 atom stereocenters. The minimum absolute atomic E-state index is 0.0771. The van der Waals surface area contributed by atoms with Crippen LogP contribution in [0.4, 0.5) is 0 Å². The zero-order chi connectivity index (χ0) is 14.6. The minimum atomic E-state index is -3.39. The van der Waals surface area contributed by atoms with Crippen LogP contribution in [-0.2, 0) is 16.4 Å². The molecule has 1 saturated carbocycles. The average Bonchev–Trinajstić information content (AvgIpc) is 2.92. The van der Waals surface area contributed by atoms with Gasteiger partial charge in [0.05, 0.1) is 4.90 Å². The number of rotatable bonds is 6. The van der Waals surface area contributed by atoms with Gasteiger partial charge in [-0.15, -0.1) is 0 Å². The van der Waals surface area contributed by atoms with E-state index in [9.17, 15) is 8.42 Å². The lowest BCUT2D eigenvalue weighted by molar-refractivity contribution is 0.299. The van der Waals surface area contributed by atoms with E-state index in [1.165, 1.54) is 17.1 Å². The van der Waals surface area contributed by atoms with Gasteiger partial charge in [-0.25, -0.2) is 12.7 Å². The third-order valence-corrected chi connectivity index (χ3v) is 5.86.